The lowest BCUT2D eigenvalue weighted by atomic mass is 9.92. The number of sulfonamides is 1. The molecule has 3 aliphatic rings. The number of fused-ring (bicyclic) bond motifs is 1. The number of para-hydroxylation sites is 2. The Labute approximate surface area is 293 Å². The van der Waals surface area contributed by atoms with Crippen molar-refractivity contribution in [2.24, 2.45) is 0 Å². The van der Waals surface area contributed by atoms with Gasteiger partial charge in [0.15, 0.2) is 0 Å². The molecule has 6 rings (SSSR count). The number of hydrogen-bond donors (Lipinski definition) is 2. The molecule has 49 heavy (non-hydrogen) atoms. The van der Waals surface area contributed by atoms with Crippen LogP contribution in [0.2, 0.25) is 5.02 Å². The molecule has 2 N–H and O–H groups in total. The van der Waals surface area contributed by atoms with Crippen LogP contribution < -0.4 is 14.9 Å². The number of anilines is 2. The molecule has 12 heteroatoms. The number of carbonyl (C=O) groups excluding carboxylic acids is 3. The zero-order chi connectivity index (χ0) is 34.9. The summed E-state index contributed by atoms with van der Waals surface area (Å²) in [6, 6.07) is 15.6. The van der Waals surface area contributed by atoms with E-state index in [4.69, 9.17) is 11.6 Å². The third-order valence-corrected chi connectivity index (χ3v) is 11.9. The minimum absolute atomic E-state index is 0.0214. The number of rotatable bonds is 9. The molecule has 0 saturated carbocycles. The summed E-state index contributed by atoms with van der Waals surface area (Å²) in [6.45, 7) is 5.49. The maximum Gasteiger partial charge on any atom is 0.265 e. The van der Waals surface area contributed by atoms with Crippen molar-refractivity contribution in [3.8, 4) is 0 Å². The second-order valence-corrected chi connectivity index (χ2v) is 15.4. The molecule has 0 aliphatic carbocycles. The van der Waals surface area contributed by atoms with Crippen molar-refractivity contribution in [2.75, 3.05) is 36.3 Å². The summed E-state index contributed by atoms with van der Waals surface area (Å²) in [5, 5.41) is 6.06. The summed E-state index contributed by atoms with van der Waals surface area (Å²) in [4.78, 5) is 45.2. The highest BCUT2D eigenvalue weighted by molar-refractivity contribution is 7.93. The second kappa shape index (κ2) is 14.2. The van der Waals surface area contributed by atoms with E-state index in [0.29, 0.717) is 40.8 Å². The zero-order valence-corrected chi connectivity index (χ0v) is 29.6. The number of benzene rings is 3. The topological polar surface area (TPSA) is 119 Å². The molecule has 3 unspecified atom stereocenters. The standard InChI is InChI=1S/C37H42ClN5O5S/c1-24-20-29(38)21-25(2)35(24)49(47,48)43-32-9-5-4-8-30(32)40-36(45)33(43)23-34(44)39-31(37(46)42-16-6-7-17-42)22-26-10-12-27(13-11-26)28-14-18-41(3)19-15-28/h4-5,8-14,18,20-21,28,31,33H,6-7,15-17,19,22-23H2,1-3H3,(H,39,44)(H,40,45). The fraction of sp³-hybridized carbons (Fsp3) is 0.378. The Kier molecular flexibility index (Phi) is 10.0. The Morgan fingerprint density at radius 1 is 1.00 bits per heavy atom. The van der Waals surface area contributed by atoms with Gasteiger partial charge >= 0.3 is 0 Å². The zero-order valence-electron chi connectivity index (χ0n) is 28.0. The maximum atomic E-state index is 14.4. The Hall–Kier alpha value is -4.35. The van der Waals surface area contributed by atoms with E-state index in [9.17, 15) is 22.8 Å². The highest BCUT2D eigenvalue weighted by atomic mass is 35.5. The summed E-state index contributed by atoms with van der Waals surface area (Å²) in [7, 11) is -2.30. The highest BCUT2D eigenvalue weighted by Crippen LogP contribution is 2.39. The van der Waals surface area contributed by atoms with E-state index >= 15 is 0 Å². The van der Waals surface area contributed by atoms with Gasteiger partial charge in [0.05, 0.1) is 22.7 Å². The summed E-state index contributed by atoms with van der Waals surface area (Å²) in [5.41, 5.74) is 3.49. The molecular formula is C37H42ClN5O5S. The van der Waals surface area contributed by atoms with Crippen LogP contribution in [0.15, 0.2) is 77.8 Å². The fourth-order valence-electron chi connectivity index (χ4n) is 7.10. The smallest absolute Gasteiger partial charge is 0.265 e. The quantitative estimate of drug-likeness (QED) is 0.319. The van der Waals surface area contributed by atoms with Crippen LogP contribution in [0.1, 0.15) is 53.9 Å². The summed E-state index contributed by atoms with van der Waals surface area (Å²) in [5.74, 6) is -1.11. The molecular weight excluding hydrogens is 662 g/mol. The van der Waals surface area contributed by atoms with Gasteiger partial charge in [-0.25, -0.2) is 8.42 Å². The lowest BCUT2D eigenvalue weighted by Crippen LogP contribution is -2.55. The number of nitrogens with zero attached hydrogens (tertiary/aromatic N) is 3. The average Bonchev–Trinajstić information content (AvgIpc) is 3.60. The minimum atomic E-state index is -4.35. The second-order valence-electron chi connectivity index (χ2n) is 13.2. The number of amides is 3. The summed E-state index contributed by atoms with van der Waals surface area (Å²) in [6.07, 6.45) is 6.86. The third kappa shape index (κ3) is 7.33. The molecule has 1 saturated heterocycles. The number of allylic oxidation sites excluding steroid dienone is 1. The molecule has 0 bridgehead atoms. The van der Waals surface area contributed by atoms with Crippen LogP contribution in [0.4, 0.5) is 11.4 Å². The van der Waals surface area contributed by atoms with Crippen molar-refractivity contribution in [2.45, 2.75) is 68.8 Å². The first-order chi connectivity index (χ1) is 23.4. The minimum Gasteiger partial charge on any atom is -0.381 e. The van der Waals surface area contributed by atoms with Gasteiger partial charge in [-0.3, -0.25) is 18.7 Å². The first-order valence-electron chi connectivity index (χ1n) is 16.7. The van der Waals surface area contributed by atoms with Crippen LogP contribution in [-0.4, -0.2) is 74.7 Å². The molecule has 0 aromatic heterocycles. The number of aryl methyl sites for hydroxylation is 2. The number of hydrogen-bond acceptors (Lipinski definition) is 6. The predicted molar refractivity (Wildman–Crippen MR) is 191 cm³/mol. The number of carbonyl (C=O) groups is 3. The van der Waals surface area contributed by atoms with Crippen LogP contribution in [-0.2, 0) is 30.8 Å². The first-order valence-corrected chi connectivity index (χ1v) is 18.5. The van der Waals surface area contributed by atoms with Crippen molar-refractivity contribution < 1.29 is 22.8 Å². The summed E-state index contributed by atoms with van der Waals surface area (Å²) >= 11 is 6.23. The largest absolute Gasteiger partial charge is 0.381 e. The third-order valence-electron chi connectivity index (χ3n) is 9.57. The molecule has 0 spiro atoms. The van der Waals surface area contributed by atoms with Crippen molar-refractivity contribution in [1.29, 1.82) is 0 Å². The molecule has 3 aromatic carbocycles. The van der Waals surface area contributed by atoms with Gasteiger partial charge in [0.2, 0.25) is 17.7 Å². The van der Waals surface area contributed by atoms with E-state index in [1.807, 2.05) is 12.1 Å². The lowest BCUT2D eigenvalue weighted by Gasteiger charge is -2.37. The van der Waals surface area contributed by atoms with E-state index in [0.717, 1.165) is 35.7 Å². The normalized spacial score (nSPS) is 19.8. The monoisotopic (exact) mass is 703 g/mol. The average molecular weight is 704 g/mol. The Balaban J connectivity index is 1.27. The number of likely N-dealkylation sites (tertiary alicyclic amines) is 1. The molecule has 3 amide bonds. The van der Waals surface area contributed by atoms with Crippen molar-refractivity contribution in [1.82, 2.24) is 15.1 Å². The van der Waals surface area contributed by atoms with Crippen LogP contribution in [0.5, 0.6) is 0 Å². The number of nitrogens with one attached hydrogen (secondary N) is 2. The van der Waals surface area contributed by atoms with Gasteiger partial charge < -0.3 is 20.4 Å². The molecule has 3 aromatic rings. The molecule has 1 fully saturated rings. The van der Waals surface area contributed by atoms with E-state index in [2.05, 4.69) is 47.0 Å². The SMILES string of the molecule is Cc1cc(Cl)cc(C)c1S(=O)(=O)N1c2ccccc2NC(=O)C1CC(=O)NC(Cc1ccc(C2C=CN(C)CC2)cc1)C(=O)N1CCCC1. The van der Waals surface area contributed by atoms with E-state index in [-0.39, 0.29) is 22.9 Å². The maximum absolute atomic E-state index is 14.4. The van der Waals surface area contributed by atoms with Gasteiger partial charge in [-0.15, -0.1) is 0 Å². The Morgan fingerprint density at radius 2 is 1.67 bits per heavy atom. The van der Waals surface area contributed by atoms with Gasteiger partial charge in [-0.1, -0.05) is 54.1 Å². The predicted octanol–water partition coefficient (Wildman–Crippen LogP) is 5.15. The van der Waals surface area contributed by atoms with Crippen LogP contribution >= 0.6 is 11.6 Å². The van der Waals surface area contributed by atoms with E-state index in [1.54, 1.807) is 55.1 Å². The fourth-order valence-corrected chi connectivity index (χ4v) is 9.48. The Morgan fingerprint density at radius 3 is 2.33 bits per heavy atom. The molecule has 3 aliphatic heterocycles. The molecule has 0 radical (unpaired) electrons. The molecule has 3 heterocycles. The van der Waals surface area contributed by atoms with Crippen LogP contribution in [0.3, 0.4) is 0 Å². The Bertz CT molecular complexity index is 1870. The van der Waals surface area contributed by atoms with Crippen molar-refractivity contribution in [3.05, 3.63) is 100 Å². The van der Waals surface area contributed by atoms with Gasteiger partial charge in [0, 0.05) is 44.0 Å². The van der Waals surface area contributed by atoms with Crippen molar-refractivity contribution >= 4 is 50.7 Å². The van der Waals surface area contributed by atoms with Crippen molar-refractivity contribution in [3.63, 3.8) is 0 Å². The van der Waals surface area contributed by atoms with Gasteiger partial charge in [-0.05, 0) is 85.8 Å². The van der Waals surface area contributed by atoms with E-state index in [1.165, 1.54) is 5.56 Å². The van der Waals surface area contributed by atoms with Gasteiger partial charge in [0.1, 0.15) is 12.1 Å². The summed E-state index contributed by atoms with van der Waals surface area (Å²) < 4.78 is 29.9. The lowest BCUT2D eigenvalue weighted by molar-refractivity contribution is -0.135. The van der Waals surface area contributed by atoms with Crippen LogP contribution in [0.25, 0.3) is 0 Å². The molecule has 258 valence electrons. The van der Waals surface area contributed by atoms with E-state index < -0.39 is 40.3 Å². The number of halogens is 1. The highest BCUT2D eigenvalue weighted by Gasteiger charge is 2.43. The van der Waals surface area contributed by atoms with Gasteiger partial charge in [0.25, 0.3) is 10.0 Å². The molecule has 10 nitrogen and oxygen atoms in total. The first kappa shape index (κ1) is 34.5. The molecule has 3 atom stereocenters. The van der Waals surface area contributed by atoms with Crippen LogP contribution in [0, 0.1) is 13.8 Å². The van der Waals surface area contributed by atoms with Gasteiger partial charge in [-0.2, -0.15) is 0 Å².